The zero-order valence-corrected chi connectivity index (χ0v) is 16.1. The summed E-state index contributed by atoms with van der Waals surface area (Å²) in [6.45, 7) is 8.69. The molecular formula is C18H24ClN3O4. The molecule has 142 valence electrons. The molecule has 7 nitrogen and oxygen atoms in total. The molecule has 1 aromatic carbocycles. The number of nitrogens with one attached hydrogen (secondary N) is 2. The van der Waals surface area contributed by atoms with E-state index in [-0.39, 0.29) is 22.4 Å². The molecule has 2 rings (SSSR count). The standard InChI is InChI=1S/C18H24ClN3O4/c1-5-22(6-2)17(24)15-10(4)20-18(25)21-16(15)11-8-14(26-7-3)13(23)9-12(11)19/h8-9,16,23H,5-7H2,1-4H3,(H2,20,21,25). The van der Waals surface area contributed by atoms with Gasteiger partial charge in [0.25, 0.3) is 5.91 Å². The molecule has 8 heteroatoms. The Bertz CT molecular complexity index is 744. The predicted molar refractivity (Wildman–Crippen MR) is 99.3 cm³/mol. The molecule has 26 heavy (non-hydrogen) atoms. The average molecular weight is 382 g/mol. The fourth-order valence-electron chi connectivity index (χ4n) is 2.94. The van der Waals surface area contributed by atoms with E-state index >= 15 is 0 Å². The summed E-state index contributed by atoms with van der Waals surface area (Å²) < 4.78 is 5.41. The summed E-state index contributed by atoms with van der Waals surface area (Å²) in [5, 5.41) is 15.6. The molecule has 0 aromatic heterocycles. The van der Waals surface area contributed by atoms with E-state index in [0.717, 1.165) is 0 Å². The van der Waals surface area contributed by atoms with Crippen molar-refractivity contribution in [3.63, 3.8) is 0 Å². The van der Waals surface area contributed by atoms with Crippen LogP contribution in [0.1, 0.15) is 39.3 Å². The van der Waals surface area contributed by atoms with Gasteiger partial charge in [0.2, 0.25) is 0 Å². The lowest BCUT2D eigenvalue weighted by Gasteiger charge is -2.32. The van der Waals surface area contributed by atoms with Gasteiger partial charge in [0, 0.05) is 30.4 Å². The molecule has 1 unspecified atom stereocenters. The highest BCUT2D eigenvalue weighted by Gasteiger charge is 2.34. The minimum atomic E-state index is -0.746. The van der Waals surface area contributed by atoms with E-state index in [0.29, 0.717) is 36.5 Å². The fourth-order valence-corrected chi connectivity index (χ4v) is 3.21. The van der Waals surface area contributed by atoms with Crippen LogP contribution in [0.25, 0.3) is 0 Å². The summed E-state index contributed by atoms with van der Waals surface area (Å²) in [5.41, 5.74) is 1.36. The molecule has 0 radical (unpaired) electrons. The maximum absolute atomic E-state index is 13.0. The number of hydrogen-bond donors (Lipinski definition) is 3. The zero-order chi connectivity index (χ0) is 19.4. The van der Waals surface area contributed by atoms with E-state index in [1.54, 1.807) is 24.8 Å². The van der Waals surface area contributed by atoms with E-state index < -0.39 is 12.1 Å². The van der Waals surface area contributed by atoms with Gasteiger partial charge in [-0.3, -0.25) is 4.79 Å². The number of aromatic hydroxyl groups is 1. The lowest BCUT2D eigenvalue weighted by Crippen LogP contribution is -2.47. The SMILES string of the molecule is CCOc1cc(C2NC(=O)NC(C)=C2C(=O)N(CC)CC)c(Cl)cc1O. The van der Waals surface area contributed by atoms with Gasteiger partial charge in [-0.05, 0) is 33.8 Å². The molecule has 0 spiro atoms. The molecule has 0 aliphatic carbocycles. The van der Waals surface area contributed by atoms with Gasteiger partial charge >= 0.3 is 6.03 Å². The van der Waals surface area contributed by atoms with Gasteiger partial charge in [-0.2, -0.15) is 0 Å². The third-order valence-corrected chi connectivity index (χ3v) is 4.57. The lowest BCUT2D eigenvalue weighted by molar-refractivity contribution is -0.127. The molecule has 0 saturated heterocycles. The van der Waals surface area contributed by atoms with Crippen molar-refractivity contribution in [3.05, 3.63) is 34.0 Å². The topological polar surface area (TPSA) is 90.9 Å². The van der Waals surface area contributed by atoms with Gasteiger partial charge in [0.05, 0.1) is 23.2 Å². The van der Waals surface area contributed by atoms with Crippen molar-refractivity contribution in [1.82, 2.24) is 15.5 Å². The molecule has 1 atom stereocenters. The van der Waals surface area contributed by atoms with Crippen molar-refractivity contribution in [1.29, 1.82) is 0 Å². The quantitative estimate of drug-likeness (QED) is 0.706. The number of likely N-dealkylation sites (N-methyl/N-ethyl adjacent to an activating group) is 1. The van der Waals surface area contributed by atoms with E-state index in [1.807, 2.05) is 13.8 Å². The van der Waals surface area contributed by atoms with Crippen molar-refractivity contribution in [2.24, 2.45) is 0 Å². The van der Waals surface area contributed by atoms with Crippen LogP contribution in [-0.4, -0.2) is 41.6 Å². The monoisotopic (exact) mass is 381 g/mol. The number of nitrogens with zero attached hydrogens (tertiary/aromatic N) is 1. The number of ether oxygens (including phenoxy) is 1. The summed E-state index contributed by atoms with van der Waals surface area (Å²) in [6.07, 6.45) is 0. The minimum Gasteiger partial charge on any atom is -0.504 e. The van der Waals surface area contributed by atoms with Crippen LogP contribution in [0.4, 0.5) is 4.79 Å². The Labute approximate surface area is 158 Å². The first-order valence-electron chi connectivity index (χ1n) is 8.56. The molecule has 1 heterocycles. The van der Waals surface area contributed by atoms with Crippen molar-refractivity contribution in [2.75, 3.05) is 19.7 Å². The summed E-state index contributed by atoms with van der Waals surface area (Å²) in [6, 6.07) is 1.74. The average Bonchev–Trinajstić information content (AvgIpc) is 2.57. The number of carbonyl (C=O) groups is 2. The number of urea groups is 1. The molecule has 1 aromatic rings. The first-order valence-corrected chi connectivity index (χ1v) is 8.94. The van der Waals surface area contributed by atoms with Gasteiger partial charge < -0.3 is 25.4 Å². The Kier molecular flexibility index (Phi) is 6.37. The number of allylic oxidation sites excluding steroid dienone is 1. The smallest absolute Gasteiger partial charge is 0.319 e. The number of halogens is 1. The second kappa shape index (κ2) is 8.31. The highest BCUT2D eigenvalue weighted by Crippen LogP contribution is 2.39. The summed E-state index contributed by atoms with van der Waals surface area (Å²) >= 11 is 6.31. The Balaban J connectivity index is 2.58. The molecule has 0 bridgehead atoms. The van der Waals surface area contributed by atoms with Crippen LogP contribution in [0.5, 0.6) is 11.5 Å². The summed E-state index contributed by atoms with van der Waals surface area (Å²) in [5.74, 6) is -0.0442. The number of phenols is 1. The molecular weight excluding hydrogens is 358 g/mol. The Morgan fingerprint density at radius 2 is 1.96 bits per heavy atom. The summed E-state index contributed by atoms with van der Waals surface area (Å²) in [4.78, 5) is 26.7. The molecule has 3 N–H and O–H groups in total. The highest BCUT2D eigenvalue weighted by molar-refractivity contribution is 6.31. The van der Waals surface area contributed by atoms with Gasteiger partial charge in [0.15, 0.2) is 11.5 Å². The molecule has 1 aliphatic heterocycles. The lowest BCUT2D eigenvalue weighted by atomic mass is 9.94. The maximum atomic E-state index is 13.0. The number of phenolic OH excluding ortho intramolecular Hbond substituents is 1. The van der Waals surface area contributed by atoms with Crippen molar-refractivity contribution in [3.8, 4) is 11.5 Å². The summed E-state index contributed by atoms with van der Waals surface area (Å²) in [7, 11) is 0. The molecule has 0 saturated carbocycles. The molecule has 0 fully saturated rings. The van der Waals surface area contributed by atoms with E-state index in [1.165, 1.54) is 6.07 Å². The van der Waals surface area contributed by atoms with E-state index in [2.05, 4.69) is 10.6 Å². The van der Waals surface area contributed by atoms with Crippen molar-refractivity contribution < 1.29 is 19.4 Å². The number of rotatable bonds is 6. The van der Waals surface area contributed by atoms with Crippen LogP contribution in [0, 0.1) is 0 Å². The number of benzene rings is 1. The first-order chi connectivity index (χ1) is 12.3. The van der Waals surface area contributed by atoms with Gasteiger partial charge in [-0.25, -0.2) is 4.79 Å². The minimum absolute atomic E-state index is 0.0989. The Morgan fingerprint density at radius 3 is 2.54 bits per heavy atom. The van der Waals surface area contributed by atoms with Crippen LogP contribution in [0.2, 0.25) is 5.02 Å². The van der Waals surface area contributed by atoms with Crippen LogP contribution in [0.15, 0.2) is 23.4 Å². The number of carbonyl (C=O) groups excluding carboxylic acids is 2. The molecule has 3 amide bonds. The van der Waals surface area contributed by atoms with Crippen molar-refractivity contribution in [2.45, 2.75) is 33.7 Å². The van der Waals surface area contributed by atoms with Crippen LogP contribution < -0.4 is 15.4 Å². The third-order valence-electron chi connectivity index (χ3n) is 4.24. The van der Waals surface area contributed by atoms with E-state index in [4.69, 9.17) is 16.3 Å². The van der Waals surface area contributed by atoms with Crippen LogP contribution >= 0.6 is 11.6 Å². The highest BCUT2D eigenvalue weighted by atomic mass is 35.5. The van der Waals surface area contributed by atoms with Crippen LogP contribution in [0.3, 0.4) is 0 Å². The van der Waals surface area contributed by atoms with Gasteiger partial charge in [-0.1, -0.05) is 11.6 Å². The second-order valence-corrected chi connectivity index (χ2v) is 6.23. The largest absolute Gasteiger partial charge is 0.504 e. The van der Waals surface area contributed by atoms with Gasteiger partial charge in [-0.15, -0.1) is 0 Å². The number of hydrogen-bond acceptors (Lipinski definition) is 4. The molecule has 1 aliphatic rings. The fraction of sp³-hybridized carbons (Fsp3) is 0.444. The number of amides is 3. The maximum Gasteiger partial charge on any atom is 0.319 e. The zero-order valence-electron chi connectivity index (χ0n) is 15.4. The Hall–Kier alpha value is -2.41. The first kappa shape index (κ1) is 19.9. The third kappa shape index (κ3) is 3.88. The van der Waals surface area contributed by atoms with E-state index in [9.17, 15) is 14.7 Å². The predicted octanol–water partition coefficient (Wildman–Crippen LogP) is 2.94. The van der Waals surface area contributed by atoms with Crippen LogP contribution in [-0.2, 0) is 4.79 Å². The van der Waals surface area contributed by atoms with Gasteiger partial charge in [0.1, 0.15) is 0 Å². The Morgan fingerprint density at radius 1 is 1.31 bits per heavy atom. The normalized spacial score (nSPS) is 16.8. The second-order valence-electron chi connectivity index (χ2n) is 5.82. The van der Waals surface area contributed by atoms with Crippen molar-refractivity contribution >= 4 is 23.5 Å².